The van der Waals surface area contributed by atoms with Gasteiger partial charge in [0.05, 0.1) is 0 Å². The number of rotatable bonds is 2. The van der Waals surface area contributed by atoms with E-state index in [9.17, 15) is 18.0 Å². The van der Waals surface area contributed by atoms with Crippen LogP contribution in [0.1, 0.15) is 16.8 Å². The second-order valence-corrected chi connectivity index (χ2v) is 4.38. The molecule has 1 heterocycles. The summed E-state index contributed by atoms with van der Waals surface area (Å²) in [4.78, 5) is 13.6. The second kappa shape index (κ2) is 6.32. The molecule has 1 aliphatic rings. The number of likely N-dealkylation sites (tertiary alicyclic amines) is 1. The minimum absolute atomic E-state index is 0. The molecule has 0 spiro atoms. The molecule has 8 heteroatoms. The van der Waals surface area contributed by atoms with Gasteiger partial charge in [0, 0.05) is 24.7 Å². The third-order valence-corrected chi connectivity index (χ3v) is 2.83. The predicted octanol–water partition coefficient (Wildman–Crippen LogP) is 2.18. The molecule has 20 heavy (non-hydrogen) atoms. The van der Waals surface area contributed by atoms with E-state index in [4.69, 9.17) is 5.73 Å². The third kappa shape index (κ3) is 4.28. The first-order valence-corrected chi connectivity index (χ1v) is 5.76. The molecule has 0 radical (unpaired) electrons. The molecule has 2 rings (SSSR count). The van der Waals surface area contributed by atoms with Gasteiger partial charge in [-0.25, -0.2) is 0 Å². The van der Waals surface area contributed by atoms with Gasteiger partial charge >= 0.3 is 6.36 Å². The topological polar surface area (TPSA) is 55.6 Å². The van der Waals surface area contributed by atoms with Crippen LogP contribution in [0.3, 0.4) is 0 Å². The molecule has 1 aliphatic heterocycles. The van der Waals surface area contributed by atoms with Crippen molar-refractivity contribution in [3.63, 3.8) is 0 Å². The SMILES string of the molecule is Cl.NC1CCN(C(=O)c2cccc(OC(F)(F)F)c2)C1. The number of benzene rings is 1. The summed E-state index contributed by atoms with van der Waals surface area (Å²) in [5.41, 5.74) is 5.85. The number of carbonyl (C=O) groups excluding carboxylic acids is 1. The Labute approximate surface area is 120 Å². The lowest BCUT2D eigenvalue weighted by atomic mass is 10.2. The van der Waals surface area contributed by atoms with Crippen molar-refractivity contribution in [2.24, 2.45) is 5.73 Å². The highest BCUT2D eigenvalue weighted by Crippen LogP contribution is 2.24. The monoisotopic (exact) mass is 310 g/mol. The van der Waals surface area contributed by atoms with Gasteiger partial charge in [0.2, 0.25) is 0 Å². The minimum Gasteiger partial charge on any atom is -0.406 e. The van der Waals surface area contributed by atoms with E-state index in [0.717, 1.165) is 12.1 Å². The van der Waals surface area contributed by atoms with Gasteiger partial charge in [0.25, 0.3) is 5.91 Å². The molecular formula is C12H14ClF3N2O2. The number of alkyl halides is 3. The van der Waals surface area contributed by atoms with Crippen molar-refractivity contribution in [2.75, 3.05) is 13.1 Å². The average molecular weight is 311 g/mol. The maximum absolute atomic E-state index is 12.1. The van der Waals surface area contributed by atoms with E-state index in [1.165, 1.54) is 17.0 Å². The fourth-order valence-electron chi connectivity index (χ4n) is 1.98. The van der Waals surface area contributed by atoms with Crippen LogP contribution in [0.2, 0.25) is 0 Å². The molecule has 2 N–H and O–H groups in total. The normalized spacial score (nSPS) is 18.6. The molecule has 0 bridgehead atoms. The van der Waals surface area contributed by atoms with E-state index in [1.54, 1.807) is 0 Å². The summed E-state index contributed by atoms with van der Waals surface area (Å²) >= 11 is 0. The highest BCUT2D eigenvalue weighted by atomic mass is 35.5. The molecule has 0 aliphatic carbocycles. The first-order chi connectivity index (χ1) is 8.85. The Morgan fingerprint density at radius 1 is 1.40 bits per heavy atom. The summed E-state index contributed by atoms with van der Waals surface area (Å²) in [7, 11) is 0. The van der Waals surface area contributed by atoms with Gasteiger partial charge in [-0.3, -0.25) is 4.79 Å². The molecule has 1 fully saturated rings. The predicted molar refractivity (Wildman–Crippen MR) is 68.9 cm³/mol. The summed E-state index contributed by atoms with van der Waals surface area (Å²) in [5.74, 6) is -0.734. The number of nitrogens with two attached hydrogens (primary N) is 1. The lowest BCUT2D eigenvalue weighted by Gasteiger charge is -2.16. The first-order valence-electron chi connectivity index (χ1n) is 5.76. The molecule has 112 valence electrons. The zero-order chi connectivity index (χ0) is 14.0. The molecule has 1 amide bonds. The Bertz CT molecular complexity index is 482. The minimum atomic E-state index is -4.77. The van der Waals surface area contributed by atoms with E-state index in [-0.39, 0.29) is 29.9 Å². The summed E-state index contributed by atoms with van der Waals surface area (Å²) in [5, 5.41) is 0. The van der Waals surface area contributed by atoms with E-state index in [2.05, 4.69) is 4.74 Å². The zero-order valence-corrected chi connectivity index (χ0v) is 11.2. The molecule has 1 aromatic carbocycles. The summed E-state index contributed by atoms with van der Waals surface area (Å²) < 4.78 is 40.1. The fraction of sp³-hybridized carbons (Fsp3) is 0.417. The molecule has 0 aromatic heterocycles. The Morgan fingerprint density at radius 3 is 2.65 bits per heavy atom. The van der Waals surface area contributed by atoms with Crippen LogP contribution in [0, 0.1) is 0 Å². The van der Waals surface area contributed by atoms with Gasteiger partial charge in [0.1, 0.15) is 5.75 Å². The quantitative estimate of drug-likeness (QED) is 0.911. The molecule has 1 aromatic rings. The third-order valence-electron chi connectivity index (χ3n) is 2.83. The number of halogens is 4. The number of hydrogen-bond donors (Lipinski definition) is 1. The van der Waals surface area contributed by atoms with E-state index in [1.807, 2.05) is 0 Å². The van der Waals surface area contributed by atoms with Gasteiger partial charge in [-0.15, -0.1) is 25.6 Å². The van der Waals surface area contributed by atoms with Crippen LogP contribution in [0.25, 0.3) is 0 Å². The molecule has 0 saturated carbocycles. The maximum atomic E-state index is 12.1. The van der Waals surface area contributed by atoms with Gasteiger partial charge in [-0.1, -0.05) is 6.07 Å². The van der Waals surface area contributed by atoms with Crippen LogP contribution < -0.4 is 10.5 Å². The highest BCUT2D eigenvalue weighted by Gasteiger charge is 2.31. The van der Waals surface area contributed by atoms with E-state index >= 15 is 0 Å². The average Bonchev–Trinajstić information content (AvgIpc) is 2.73. The summed E-state index contributed by atoms with van der Waals surface area (Å²) in [6, 6.07) is 4.97. The number of amides is 1. The molecule has 1 atom stereocenters. The van der Waals surface area contributed by atoms with Crippen LogP contribution in [-0.4, -0.2) is 36.3 Å². The van der Waals surface area contributed by atoms with Gasteiger partial charge in [-0.05, 0) is 24.6 Å². The fourth-order valence-corrected chi connectivity index (χ4v) is 1.98. The Kier molecular flexibility index (Phi) is 5.24. The molecule has 1 unspecified atom stereocenters. The van der Waals surface area contributed by atoms with Crippen molar-refractivity contribution >= 4 is 18.3 Å². The van der Waals surface area contributed by atoms with Crippen molar-refractivity contribution in [1.82, 2.24) is 4.90 Å². The first kappa shape index (κ1) is 16.6. The van der Waals surface area contributed by atoms with E-state index < -0.39 is 12.1 Å². The van der Waals surface area contributed by atoms with Crippen LogP contribution in [0.5, 0.6) is 5.75 Å². The standard InChI is InChI=1S/C12H13F3N2O2.ClH/c13-12(14,15)19-10-3-1-2-8(6-10)11(18)17-5-4-9(16)7-17;/h1-3,6,9H,4-5,7,16H2;1H. The second-order valence-electron chi connectivity index (χ2n) is 4.38. The summed E-state index contributed by atoms with van der Waals surface area (Å²) in [6.45, 7) is 0.938. The Hall–Kier alpha value is -1.47. The van der Waals surface area contributed by atoms with Crippen LogP contribution in [0.4, 0.5) is 13.2 Å². The molecule has 4 nitrogen and oxygen atoms in total. The van der Waals surface area contributed by atoms with Crippen LogP contribution >= 0.6 is 12.4 Å². The van der Waals surface area contributed by atoms with E-state index in [0.29, 0.717) is 19.5 Å². The van der Waals surface area contributed by atoms with Gasteiger partial charge < -0.3 is 15.4 Å². The van der Waals surface area contributed by atoms with Crippen molar-refractivity contribution in [1.29, 1.82) is 0 Å². The Balaban J connectivity index is 0.00000200. The Morgan fingerprint density at radius 2 is 2.10 bits per heavy atom. The number of carbonyl (C=O) groups is 1. The maximum Gasteiger partial charge on any atom is 0.573 e. The largest absolute Gasteiger partial charge is 0.573 e. The van der Waals surface area contributed by atoms with Crippen molar-refractivity contribution < 1.29 is 22.7 Å². The lowest BCUT2D eigenvalue weighted by Crippen LogP contribution is -2.31. The van der Waals surface area contributed by atoms with Gasteiger partial charge in [-0.2, -0.15) is 0 Å². The number of nitrogens with zero attached hydrogens (tertiary/aromatic N) is 1. The number of hydrogen-bond acceptors (Lipinski definition) is 3. The van der Waals surface area contributed by atoms with Crippen molar-refractivity contribution in [3.05, 3.63) is 29.8 Å². The molecule has 1 saturated heterocycles. The van der Waals surface area contributed by atoms with Gasteiger partial charge in [0.15, 0.2) is 0 Å². The van der Waals surface area contributed by atoms with Crippen molar-refractivity contribution in [2.45, 2.75) is 18.8 Å². The highest BCUT2D eigenvalue weighted by molar-refractivity contribution is 5.94. The van der Waals surface area contributed by atoms with Crippen LogP contribution in [0.15, 0.2) is 24.3 Å². The smallest absolute Gasteiger partial charge is 0.406 e. The lowest BCUT2D eigenvalue weighted by molar-refractivity contribution is -0.274. The van der Waals surface area contributed by atoms with Crippen LogP contribution in [-0.2, 0) is 0 Å². The zero-order valence-electron chi connectivity index (χ0n) is 10.4. The van der Waals surface area contributed by atoms with Crippen molar-refractivity contribution in [3.8, 4) is 5.75 Å². The summed E-state index contributed by atoms with van der Waals surface area (Å²) in [6.07, 6.45) is -4.07. The number of ether oxygens (including phenoxy) is 1. The molecular weight excluding hydrogens is 297 g/mol.